The number of nitrogens with zero attached hydrogens (tertiary/aromatic N) is 4. The highest BCUT2D eigenvalue weighted by Crippen LogP contribution is 2.34. The van der Waals surface area contributed by atoms with Gasteiger partial charge in [0.1, 0.15) is 11.6 Å². The van der Waals surface area contributed by atoms with E-state index < -0.39 is 5.97 Å². The third-order valence-electron chi connectivity index (χ3n) is 4.72. The minimum atomic E-state index is -1.06. The zero-order valence-electron chi connectivity index (χ0n) is 13.0. The molecule has 2 atom stereocenters. The molecule has 6 nitrogen and oxygen atoms in total. The molecule has 124 valence electrons. The Balaban J connectivity index is 1.68. The summed E-state index contributed by atoms with van der Waals surface area (Å²) in [6.45, 7) is 0.829. The molecule has 7 heteroatoms. The molecule has 2 aromatic heterocycles. The number of rotatable bonds is 3. The van der Waals surface area contributed by atoms with Gasteiger partial charge >= 0.3 is 5.97 Å². The summed E-state index contributed by atoms with van der Waals surface area (Å²) in [4.78, 5) is 17.5. The zero-order valence-corrected chi connectivity index (χ0v) is 13.0. The van der Waals surface area contributed by atoms with Crippen LogP contribution in [0.4, 0.5) is 10.2 Å². The van der Waals surface area contributed by atoms with Crippen LogP contribution in [0.15, 0.2) is 42.4 Å². The van der Waals surface area contributed by atoms with Gasteiger partial charge in [-0.3, -0.25) is 0 Å². The Kier molecular flexibility index (Phi) is 3.55. The SMILES string of the molecule is O=C(O)c1cnc2ccc(N3CCCC3C3C=CC=C(F)C3)nn12. The second-order valence-corrected chi connectivity index (χ2v) is 6.18. The molecule has 1 saturated heterocycles. The standard InChI is InChI=1S/C17H17FN4O2/c18-12-4-1-3-11(9-12)13-5-2-8-21(13)16-7-6-15-19-10-14(17(23)24)22(15)20-16/h1,3-4,6-7,10-11,13H,2,5,8-9H2,(H,23,24). The van der Waals surface area contributed by atoms with E-state index in [-0.39, 0.29) is 23.5 Å². The van der Waals surface area contributed by atoms with Crippen LogP contribution in [0.3, 0.4) is 0 Å². The molecule has 1 aliphatic heterocycles. The van der Waals surface area contributed by atoms with Crippen molar-refractivity contribution in [1.29, 1.82) is 0 Å². The van der Waals surface area contributed by atoms with Crippen molar-refractivity contribution in [3.63, 3.8) is 0 Å². The molecule has 1 N–H and O–H groups in total. The lowest BCUT2D eigenvalue weighted by Gasteiger charge is -2.31. The summed E-state index contributed by atoms with van der Waals surface area (Å²) in [5.74, 6) is -0.348. The van der Waals surface area contributed by atoms with Gasteiger partial charge in [-0.2, -0.15) is 0 Å². The zero-order chi connectivity index (χ0) is 16.7. The van der Waals surface area contributed by atoms with E-state index in [1.165, 1.54) is 16.8 Å². The number of carboxylic acids is 1. The smallest absolute Gasteiger partial charge is 0.356 e. The van der Waals surface area contributed by atoms with Crippen LogP contribution in [0.2, 0.25) is 0 Å². The van der Waals surface area contributed by atoms with Crippen LogP contribution in [0, 0.1) is 5.92 Å². The number of fused-ring (bicyclic) bond motifs is 1. The van der Waals surface area contributed by atoms with E-state index in [2.05, 4.69) is 15.0 Å². The summed E-state index contributed by atoms with van der Waals surface area (Å²) >= 11 is 0. The van der Waals surface area contributed by atoms with Gasteiger partial charge in [-0.05, 0) is 31.1 Å². The number of carboxylic acid groups (broad SMARTS) is 1. The Morgan fingerprint density at radius 1 is 1.38 bits per heavy atom. The van der Waals surface area contributed by atoms with Gasteiger partial charge < -0.3 is 10.0 Å². The summed E-state index contributed by atoms with van der Waals surface area (Å²) < 4.78 is 15.0. The lowest BCUT2D eigenvalue weighted by molar-refractivity contribution is 0.0688. The lowest BCUT2D eigenvalue weighted by Crippen LogP contribution is -2.36. The lowest BCUT2D eigenvalue weighted by atomic mass is 9.90. The van der Waals surface area contributed by atoms with Gasteiger partial charge in [0, 0.05) is 24.9 Å². The third-order valence-corrected chi connectivity index (χ3v) is 4.72. The van der Waals surface area contributed by atoms with Crippen molar-refractivity contribution in [2.45, 2.75) is 25.3 Å². The van der Waals surface area contributed by atoms with E-state index in [0.717, 1.165) is 19.4 Å². The van der Waals surface area contributed by atoms with Crippen molar-refractivity contribution in [2.24, 2.45) is 5.92 Å². The van der Waals surface area contributed by atoms with Gasteiger partial charge in [0.05, 0.1) is 6.20 Å². The van der Waals surface area contributed by atoms with E-state index in [1.54, 1.807) is 12.1 Å². The third kappa shape index (κ3) is 2.46. The number of hydrogen-bond acceptors (Lipinski definition) is 4. The van der Waals surface area contributed by atoms with Gasteiger partial charge in [-0.1, -0.05) is 12.2 Å². The first-order valence-electron chi connectivity index (χ1n) is 8.01. The largest absolute Gasteiger partial charge is 0.476 e. The minimum absolute atomic E-state index is 0.0362. The molecule has 3 heterocycles. The molecule has 4 rings (SSSR count). The van der Waals surface area contributed by atoms with Gasteiger partial charge in [0.2, 0.25) is 0 Å². The molecule has 0 aromatic carbocycles. The average molecular weight is 328 g/mol. The average Bonchev–Trinajstić information content (AvgIpc) is 3.21. The fourth-order valence-electron chi connectivity index (χ4n) is 3.61. The Hall–Kier alpha value is -2.70. The van der Waals surface area contributed by atoms with Crippen LogP contribution in [0.5, 0.6) is 0 Å². The number of hydrogen-bond donors (Lipinski definition) is 1. The Morgan fingerprint density at radius 3 is 3.04 bits per heavy atom. The molecule has 0 bridgehead atoms. The molecular weight excluding hydrogens is 311 g/mol. The van der Waals surface area contributed by atoms with Gasteiger partial charge in [-0.25, -0.2) is 18.7 Å². The molecule has 2 aromatic rings. The van der Waals surface area contributed by atoms with Crippen LogP contribution < -0.4 is 4.90 Å². The summed E-state index contributed by atoms with van der Waals surface area (Å²) in [6.07, 6.45) is 9.02. The number of allylic oxidation sites excluding steroid dienone is 3. The van der Waals surface area contributed by atoms with Crippen LogP contribution in [0.1, 0.15) is 29.8 Å². The highest BCUT2D eigenvalue weighted by atomic mass is 19.1. The van der Waals surface area contributed by atoms with Crippen molar-refractivity contribution in [3.8, 4) is 0 Å². The number of aromatic nitrogens is 3. The number of anilines is 1. The fraction of sp³-hybridized carbons (Fsp3) is 0.353. The maximum absolute atomic E-state index is 13.6. The summed E-state index contributed by atoms with van der Waals surface area (Å²) in [7, 11) is 0. The van der Waals surface area contributed by atoms with Crippen molar-refractivity contribution in [2.75, 3.05) is 11.4 Å². The summed E-state index contributed by atoms with van der Waals surface area (Å²) in [6, 6.07) is 3.79. The monoisotopic (exact) mass is 328 g/mol. The number of carbonyl (C=O) groups is 1. The van der Waals surface area contributed by atoms with E-state index >= 15 is 0 Å². The van der Waals surface area contributed by atoms with Crippen LogP contribution in [0.25, 0.3) is 5.65 Å². The maximum atomic E-state index is 13.6. The van der Waals surface area contributed by atoms with E-state index in [9.17, 15) is 14.3 Å². The van der Waals surface area contributed by atoms with Crippen LogP contribution >= 0.6 is 0 Å². The molecule has 0 spiro atoms. The topological polar surface area (TPSA) is 70.7 Å². The number of aromatic carboxylic acids is 1. The van der Waals surface area contributed by atoms with Crippen LogP contribution in [-0.2, 0) is 0 Å². The molecule has 0 amide bonds. The Morgan fingerprint density at radius 2 is 2.25 bits per heavy atom. The van der Waals surface area contributed by atoms with Crippen molar-refractivity contribution < 1.29 is 14.3 Å². The first kappa shape index (κ1) is 14.9. The molecule has 2 unspecified atom stereocenters. The van der Waals surface area contributed by atoms with Gasteiger partial charge in [-0.15, -0.1) is 5.10 Å². The van der Waals surface area contributed by atoms with Gasteiger partial charge in [0.15, 0.2) is 11.3 Å². The predicted molar refractivity (Wildman–Crippen MR) is 86.8 cm³/mol. The van der Waals surface area contributed by atoms with Crippen molar-refractivity contribution in [3.05, 3.63) is 48.1 Å². The Labute approximate surface area is 137 Å². The fourth-order valence-corrected chi connectivity index (χ4v) is 3.61. The summed E-state index contributed by atoms with van der Waals surface area (Å²) in [5, 5.41) is 13.7. The van der Waals surface area contributed by atoms with E-state index in [4.69, 9.17) is 0 Å². The van der Waals surface area contributed by atoms with Crippen molar-refractivity contribution in [1.82, 2.24) is 14.6 Å². The first-order chi connectivity index (χ1) is 11.6. The summed E-state index contributed by atoms with van der Waals surface area (Å²) in [5.41, 5.74) is 0.535. The highest BCUT2D eigenvalue weighted by Gasteiger charge is 2.33. The van der Waals surface area contributed by atoms with Crippen molar-refractivity contribution >= 4 is 17.4 Å². The minimum Gasteiger partial charge on any atom is -0.476 e. The molecule has 0 radical (unpaired) electrons. The van der Waals surface area contributed by atoms with Gasteiger partial charge in [0.25, 0.3) is 0 Å². The molecule has 1 aliphatic carbocycles. The normalized spacial score (nSPS) is 23.7. The van der Waals surface area contributed by atoms with E-state index in [0.29, 0.717) is 17.9 Å². The predicted octanol–water partition coefficient (Wildman–Crippen LogP) is 2.83. The second-order valence-electron chi connectivity index (χ2n) is 6.18. The maximum Gasteiger partial charge on any atom is 0.356 e. The number of halogens is 1. The quantitative estimate of drug-likeness (QED) is 0.938. The van der Waals surface area contributed by atoms with Crippen LogP contribution in [-0.4, -0.2) is 38.3 Å². The number of imidazole rings is 1. The molecule has 0 saturated carbocycles. The highest BCUT2D eigenvalue weighted by molar-refractivity contribution is 5.86. The Bertz CT molecular complexity index is 857. The molecule has 2 aliphatic rings. The molecule has 1 fully saturated rings. The van der Waals surface area contributed by atoms with E-state index in [1.807, 2.05) is 12.1 Å². The first-order valence-corrected chi connectivity index (χ1v) is 8.01. The molecule has 24 heavy (non-hydrogen) atoms. The molecular formula is C17H17FN4O2. The second kappa shape index (κ2) is 5.74.